The Kier molecular flexibility index (Phi) is 1.81. The first-order valence-corrected chi connectivity index (χ1v) is 3.83. The van der Waals surface area contributed by atoms with Crippen LogP contribution in [0.15, 0.2) is 0 Å². The molecule has 0 heterocycles. The molecule has 0 aromatic rings. The molecule has 48 valence electrons. The molecule has 0 aromatic heterocycles. The standard InChI is InChI=1S/C7H13Cl/c1-3-7(8)6-4-5(6)2/h5-7H,3-4H2,1-2H3. The lowest BCUT2D eigenvalue weighted by molar-refractivity contribution is 0.669. The van der Waals surface area contributed by atoms with E-state index >= 15 is 0 Å². The minimum atomic E-state index is 0.463. The highest BCUT2D eigenvalue weighted by Crippen LogP contribution is 2.43. The van der Waals surface area contributed by atoms with Gasteiger partial charge < -0.3 is 0 Å². The van der Waals surface area contributed by atoms with Gasteiger partial charge >= 0.3 is 0 Å². The molecule has 0 saturated heterocycles. The lowest BCUT2D eigenvalue weighted by atomic mass is 10.2. The summed E-state index contributed by atoms with van der Waals surface area (Å²) in [5.74, 6) is 1.76. The van der Waals surface area contributed by atoms with E-state index in [0.717, 1.165) is 18.3 Å². The van der Waals surface area contributed by atoms with Gasteiger partial charge in [-0.3, -0.25) is 0 Å². The molecule has 3 atom stereocenters. The third-order valence-corrected chi connectivity index (χ3v) is 2.66. The molecule has 0 bridgehead atoms. The molecule has 1 heteroatoms. The van der Waals surface area contributed by atoms with Crippen molar-refractivity contribution in [1.29, 1.82) is 0 Å². The molecule has 0 nitrogen and oxygen atoms in total. The Labute approximate surface area is 56.2 Å². The topological polar surface area (TPSA) is 0 Å². The van der Waals surface area contributed by atoms with Crippen LogP contribution in [0.25, 0.3) is 0 Å². The van der Waals surface area contributed by atoms with Gasteiger partial charge in [-0.15, -0.1) is 11.6 Å². The fourth-order valence-corrected chi connectivity index (χ4v) is 1.51. The summed E-state index contributed by atoms with van der Waals surface area (Å²) in [5.41, 5.74) is 0. The quantitative estimate of drug-likeness (QED) is 0.507. The van der Waals surface area contributed by atoms with Crippen molar-refractivity contribution in [3.8, 4) is 0 Å². The van der Waals surface area contributed by atoms with Gasteiger partial charge in [-0.25, -0.2) is 0 Å². The van der Waals surface area contributed by atoms with E-state index in [2.05, 4.69) is 13.8 Å². The fourth-order valence-electron chi connectivity index (χ4n) is 1.16. The summed E-state index contributed by atoms with van der Waals surface area (Å²) < 4.78 is 0. The van der Waals surface area contributed by atoms with Crippen molar-refractivity contribution in [1.82, 2.24) is 0 Å². The second kappa shape index (κ2) is 2.26. The van der Waals surface area contributed by atoms with E-state index in [4.69, 9.17) is 11.6 Å². The monoisotopic (exact) mass is 132 g/mol. The first kappa shape index (κ1) is 6.41. The Balaban J connectivity index is 2.18. The highest BCUT2D eigenvalue weighted by Gasteiger charge is 2.37. The van der Waals surface area contributed by atoms with E-state index in [1.54, 1.807) is 0 Å². The molecule has 0 aliphatic heterocycles. The summed E-state index contributed by atoms with van der Waals surface area (Å²) in [6.07, 6.45) is 2.50. The van der Waals surface area contributed by atoms with Gasteiger partial charge in [0.25, 0.3) is 0 Å². The van der Waals surface area contributed by atoms with E-state index in [1.807, 2.05) is 0 Å². The summed E-state index contributed by atoms with van der Waals surface area (Å²) in [6, 6.07) is 0. The lowest BCUT2D eigenvalue weighted by Gasteiger charge is -2.00. The maximum absolute atomic E-state index is 5.96. The normalized spacial score (nSPS) is 39.4. The van der Waals surface area contributed by atoms with Crippen LogP contribution >= 0.6 is 11.6 Å². The third-order valence-electron chi connectivity index (χ3n) is 2.03. The van der Waals surface area contributed by atoms with E-state index in [-0.39, 0.29) is 0 Å². The molecule has 1 fully saturated rings. The maximum Gasteiger partial charge on any atom is 0.0364 e. The number of hydrogen-bond donors (Lipinski definition) is 0. The minimum absolute atomic E-state index is 0.463. The van der Waals surface area contributed by atoms with Gasteiger partial charge in [-0.05, 0) is 24.7 Å². The van der Waals surface area contributed by atoms with E-state index < -0.39 is 0 Å². The summed E-state index contributed by atoms with van der Waals surface area (Å²) in [6.45, 7) is 4.43. The zero-order valence-electron chi connectivity index (χ0n) is 5.52. The summed E-state index contributed by atoms with van der Waals surface area (Å²) in [4.78, 5) is 0. The Morgan fingerprint density at radius 3 is 2.38 bits per heavy atom. The second-order valence-corrected chi connectivity index (χ2v) is 3.36. The smallest absolute Gasteiger partial charge is 0.0364 e. The zero-order chi connectivity index (χ0) is 6.15. The lowest BCUT2D eigenvalue weighted by Crippen LogP contribution is -1.98. The molecular formula is C7H13Cl. The Hall–Kier alpha value is 0.290. The molecule has 3 unspecified atom stereocenters. The Morgan fingerprint density at radius 2 is 2.25 bits per heavy atom. The van der Waals surface area contributed by atoms with Crippen LogP contribution in [0.5, 0.6) is 0 Å². The van der Waals surface area contributed by atoms with E-state index in [0.29, 0.717) is 5.38 Å². The predicted octanol–water partition coefficient (Wildman–Crippen LogP) is 2.66. The van der Waals surface area contributed by atoms with Crippen molar-refractivity contribution >= 4 is 11.6 Å². The average Bonchev–Trinajstić information content (AvgIpc) is 2.45. The van der Waals surface area contributed by atoms with Crippen LogP contribution in [0.1, 0.15) is 26.7 Å². The van der Waals surface area contributed by atoms with Crippen molar-refractivity contribution < 1.29 is 0 Å². The molecule has 1 aliphatic rings. The van der Waals surface area contributed by atoms with Crippen LogP contribution in [-0.2, 0) is 0 Å². The van der Waals surface area contributed by atoms with Crippen LogP contribution in [-0.4, -0.2) is 5.38 Å². The molecule has 0 amide bonds. The van der Waals surface area contributed by atoms with Crippen LogP contribution < -0.4 is 0 Å². The van der Waals surface area contributed by atoms with Crippen LogP contribution in [0.4, 0.5) is 0 Å². The third kappa shape index (κ3) is 1.17. The van der Waals surface area contributed by atoms with E-state index in [9.17, 15) is 0 Å². The average molecular weight is 133 g/mol. The molecule has 0 radical (unpaired) electrons. The van der Waals surface area contributed by atoms with E-state index in [1.165, 1.54) is 6.42 Å². The predicted molar refractivity (Wildman–Crippen MR) is 37.2 cm³/mol. The first-order valence-electron chi connectivity index (χ1n) is 3.39. The largest absolute Gasteiger partial charge is 0.123 e. The zero-order valence-corrected chi connectivity index (χ0v) is 6.28. The molecule has 1 aliphatic carbocycles. The molecule has 0 spiro atoms. The number of halogens is 1. The van der Waals surface area contributed by atoms with Gasteiger partial charge in [0, 0.05) is 5.38 Å². The summed E-state index contributed by atoms with van der Waals surface area (Å²) in [5, 5.41) is 0.463. The highest BCUT2D eigenvalue weighted by molar-refractivity contribution is 6.20. The van der Waals surface area contributed by atoms with Crippen molar-refractivity contribution in [3.05, 3.63) is 0 Å². The Morgan fingerprint density at radius 1 is 1.75 bits per heavy atom. The second-order valence-electron chi connectivity index (χ2n) is 2.80. The molecule has 1 rings (SSSR count). The number of hydrogen-bond acceptors (Lipinski definition) is 0. The van der Waals surface area contributed by atoms with Gasteiger partial charge in [0.05, 0.1) is 0 Å². The Bertz CT molecular complexity index is 78.5. The molecule has 1 saturated carbocycles. The first-order chi connectivity index (χ1) is 3.75. The highest BCUT2D eigenvalue weighted by atomic mass is 35.5. The van der Waals surface area contributed by atoms with Gasteiger partial charge in [0.15, 0.2) is 0 Å². The van der Waals surface area contributed by atoms with Crippen LogP contribution in [0.3, 0.4) is 0 Å². The van der Waals surface area contributed by atoms with Gasteiger partial charge in [-0.1, -0.05) is 13.8 Å². The molecular weight excluding hydrogens is 120 g/mol. The van der Waals surface area contributed by atoms with Crippen molar-refractivity contribution in [3.63, 3.8) is 0 Å². The van der Waals surface area contributed by atoms with Crippen molar-refractivity contribution in [2.75, 3.05) is 0 Å². The van der Waals surface area contributed by atoms with Gasteiger partial charge in [0.2, 0.25) is 0 Å². The summed E-state index contributed by atoms with van der Waals surface area (Å²) >= 11 is 5.96. The van der Waals surface area contributed by atoms with Crippen molar-refractivity contribution in [2.45, 2.75) is 32.1 Å². The fraction of sp³-hybridized carbons (Fsp3) is 1.00. The summed E-state index contributed by atoms with van der Waals surface area (Å²) in [7, 11) is 0. The van der Waals surface area contributed by atoms with Crippen molar-refractivity contribution in [2.24, 2.45) is 11.8 Å². The molecule has 0 N–H and O–H groups in total. The molecule has 8 heavy (non-hydrogen) atoms. The SMILES string of the molecule is CCC(Cl)C1CC1C. The minimum Gasteiger partial charge on any atom is -0.123 e. The maximum atomic E-state index is 5.96. The van der Waals surface area contributed by atoms with Gasteiger partial charge in [0.1, 0.15) is 0 Å². The van der Waals surface area contributed by atoms with Gasteiger partial charge in [-0.2, -0.15) is 0 Å². The van der Waals surface area contributed by atoms with Crippen LogP contribution in [0, 0.1) is 11.8 Å². The van der Waals surface area contributed by atoms with Crippen LogP contribution in [0.2, 0.25) is 0 Å². The molecule has 0 aromatic carbocycles. The number of alkyl halides is 1. The number of rotatable bonds is 2.